The highest BCUT2D eigenvalue weighted by molar-refractivity contribution is 6.00. The molecule has 3 fully saturated rings. The third-order valence-electron chi connectivity index (χ3n) is 8.08. The Morgan fingerprint density at radius 1 is 1.09 bits per heavy atom. The second-order valence-electron chi connectivity index (χ2n) is 9.95. The van der Waals surface area contributed by atoms with Crippen molar-refractivity contribution in [2.45, 2.75) is 68.9 Å². The van der Waals surface area contributed by atoms with Crippen molar-refractivity contribution in [3.63, 3.8) is 0 Å². The van der Waals surface area contributed by atoms with Crippen LogP contribution in [0.3, 0.4) is 0 Å². The fourth-order valence-corrected chi connectivity index (χ4v) is 6.50. The number of ether oxygens (including phenoxy) is 1. The molecule has 2 saturated heterocycles. The summed E-state index contributed by atoms with van der Waals surface area (Å²) in [5.41, 5.74) is -1.20. The molecule has 1 N–H and O–H groups in total. The second kappa shape index (κ2) is 7.99. The molecule has 6 atom stereocenters. The lowest BCUT2D eigenvalue weighted by molar-refractivity contribution is -0.152. The summed E-state index contributed by atoms with van der Waals surface area (Å²) >= 11 is 0. The molecule has 1 aliphatic carbocycles. The molecular weight excluding hydrogens is 410 g/mol. The Hall–Kier alpha value is -2.19. The Labute approximate surface area is 188 Å². The van der Waals surface area contributed by atoms with Gasteiger partial charge in [0, 0.05) is 26.2 Å². The molecule has 1 saturated carbocycles. The summed E-state index contributed by atoms with van der Waals surface area (Å²) in [5, 5.41) is 9.94. The van der Waals surface area contributed by atoms with Gasteiger partial charge in [-0.2, -0.15) is 0 Å². The van der Waals surface area contributed by atoms with Crippen molar-refractivity contribution in [2.75, 3.05) is 26.7 Å². The molecule has 174 valence electrons. The third kappa shape index (κ3) is 2.99. The molecular formula is C24H33N3O5. The van der Waals surface area contributed by atoms with Crippen LogP contribution in [0.15, 0.2) is 24.3 Å². The van der Waals surface area contributed by atoms with Crippen LogP contribution < -0.4 is 0 Å². The number of nitrogens with zero attached hydrogens (tertiary/aromatic N) is 3. The molecule has 0 bridgehead atoms. The van der Waals surface area contributed by atoms with Crippen molar-refractivity contribution in [2.24, 2.45) is 11.8 Å². The number of fused-ring (bicyclic) bond motifs is 2. The highest BCUT2D eigenvalue weighted by Crippen LogP contribution is 2.54. The predicted molar refractivity (Wildman–Crippen MR) is 116 cm³/mol. The Bertz CT molecular complexity index is 866. The van der Waals surface area contributed by atoms with Gasteiger partial charge in [0.25, 0.3) is 0 Å². The monoisotopic (exact) mass is 443 g/mol. The van der Waals surface area contributed by atoms with E-state index >= 15 is 0 Å². The average molecular weight is 444 g/mol. The van der Waals surface area contributed by atoms with Gasteiger partial charge in [-0.3, -0.25) is 14.4 Å². The van der Waals surface area contributed by atoms with Gasteiger partial charge in [-0.1, -0.05) is 43.6 Å². The summed E-state index contributed by atoms with van der Waals surface area (Å²) in [6.07, 6.45) is 12.3. The SMILES string of the molecule is C[C@H](CO)N1C(=O)[C@@H]2[C@@H]3C(=O)N(C)CC=C[C@@H]3O[C@@]23C=CCN(C2CCCCC2)C(=O)C13. The molecule has 32 heavy (non-hydrogen) atoms. The first-order chi connectivity index (χ1) is 15.4. The fraction of sp³-hybridized carbons (Fsp3) is 0.708. The van der Waals surface area contributed by atoms with E-state index in [-0.39, 0.29) is 30.4 Å². The van der Waals surface area contributed by atoms with Gasteiger partial charge in [0.1, 0.15) is 11.6 Å². The van der Waals surface area contributed by atoms with Gasteiger partial charge in [-0.25, -0.2) is 0 Å². The molecule has 5 rings (SSSR count). The first-order valence-electron chi connectivity index (χ1n) is 11.9. The predicted octanol–water partition coefficient (Wildman–Crippen LogP) is 0.707. The van der Waals surface area contributed by atoms with Crippen molar-refractivity contribution in [1.29, 1.82) is 0 Å². The van der Waals surface area contributed by atoms with Crippen molar-refractivity contribution in [1.82, 2.24) is 14.7 Å². The Morgan fingerprint density at radius 2 is 1.84 bits per heavy atom. The van der Waals surface area contributed by atoms with E-state index in [0.717, 1.165) is 25.7 Å². The molecule has 0 aromatic rings. The molecule has 8 nitrogen and oxygen atoms in total. The summed E-state index contributed by atoms with van der Waals surface area (Å²) in [7, 11) is 1.73. The van der Waals surface area contributed by atoms with Gasteiger partial charge in [0.15, 0.2) is 0 Å². The summed E-state index contributed by atoms with van der Waals surface area (Å²) in [6.45, 7) is 2.44. The van der Waals surface area contributed by atoms with Crippen LogP contribution in [0.4, 0.5) is 0 Å². The average Bonchev–Trinajstić information content (AvgIpc) is 3.13. The Morgan fingerprint density at radius 3 is 2.56 bits per heavy atom. The topological polar surface area (TPSA) is 90.4 Å². The summed E-state index contributed by atoms with van der Waals surface area (Å²) in [6, 6.07) is -1.27. The number of likely N-dealkylation sites (N-methyl/N-ethyl adjacent to an activating group) is 1. The van der Waals surface area contributed by atoms with Gasteiger partial charge in [-0.05, 0) is 19.8 Å². The number of carbonyl (C=O) groups excluding carboxylic acids is 3. The van der Waals surface area contributed by atoms with E-state index < -0.39 is 35.6 Å². The first-order valence-corrected chi connectivity index (χ1v) is 11.9. The zero-order valence-electron chi connectivity index (χ0n) is 18.9. The van der Waals surface area contributed by atoms with Crippen LogP contribution in [0.25, 0.3) is 0 Å². The van der Waals surface area contributed by atoms with E-state index in [9.17, 15) is 19.5 Å². The lowest BCUT2D eigenvalue weighted by Gasteiger charge is -2.40. The third-order valence-corrected chi connectivity index (χ3v) is 8.08. The maximum atomic E-state index is 14.1. The van der Waals surface area contributed by atoms with Crippen LogP contribution in [0.2, 0.25) is 0 Å². The minimum atomic E-state index is -1.20. The lowest BCUT2D eigenvalue weighted by atomic mass is 9.77. The number of amides is 3. The standard InChI is InChI=1S/C24H33N3O5/c1-15(14-28)27-20-23(31)26(16-8-4-3-5-9-16)13-7-11-24(20)19(22(27)30)18-17(32-24)10-6-12-25(2)21(18)29/h6-7,10-11,15-20,28H,3-5,8-9,12-14H2,1-2H3/t15-,17+,18-,19+,20?,24+/m1/s1. The number of aliphatic hydroxyl groups excluding tert-OH is 1. The van der Waals surface area contributed by atoms with Gasteiger partial charge < -0.3 is 24.5 Å². The minimum Gasteiger partial charge on any atom is -0.394 e. The van der Waals surface area contributed by atoms with Crippen molar-refractivity contribution >= 4 is 17.7 Å². The zero-order valence-corrected chi connectivity index (χ0v) is 18.9. The van der Waals surface area contributed by atoms with Crippen molar-refractivity contribution in [3.8, 4) is 0 Å². The van der Waals surface area contributed by atoms with Crippen LogP contribution in [0, 0.1) is 11.8 Å². The molecule has 0 radical (unpaired) electrons. The number of hydrogen-bond acceptors (Lipinski definition) is 5. The number of aliphatic hydroxyl groups is 1. The highest BCUT2D eigenvalue weighted by atomic mass is 16.5. The lowest BCUT2D eigenvalue weighted by Crippen LogP contribution is -2.59. The van der Waals surface area contributed by atoms with Gasteiger partial charge in [0.2, 0.25) is 17.7 Å². The van der Waals surface area contributed by atoms with Gasteiger partial charge in [0.05, 0.1) is 30.6 Å². The minimum absolute atomic E-state index is 0.126. The van der Waals surface area contributed by atoms with E-state index in [1.807, 2.05) is 29.2 Å². The van der Waals surface area contributed by atoms with Gasteiger partial charge in [-0.15, -0.1) is 0 Å². The molecule has 3 amide bonds. The molecule has 0 aromatic heterocycles. The smallest absolute Gasteiger partial charge is 0.249 e. The van der Waals surface area contributed by atoms with Crippen LogP contribution in [0.5, 0.6) is 0 Å². The van der Waals surface area contributed by atoms with E-state index in [0.29, 0.717) is 13.1 Å². The largest absolute Gasteiger partial charge is 0.394 e. The van der Waals surface area contributed by atoms with Gasteiger partial charge >= 0.3 is 0 Å². The number of rotatable bonds is 3. The van der Waals surface area contributed by atoms with Crippen LogP contribution in [-0.2, 0) is 19.1 Å². The molecule has 1 spiro atoms. The molecule has 0 aromatic carbocycles. The summed E-state index contributed by atoms with van der Waals surface area (Å²) in [5.74, 6) is -2.00. The van der Waals surface area contributed by atoms with E-state index in [2.05, 4.69) is 0 Å². The fourth-order valence-electron chi connectivity index (χ4n) is 6.50. The van der Waals surface area contributed by atoms with Crippen molar-refractivity contribution < 1.29 is 24.2 Å². The molecule has 1 unspecified atom stereocenters. The Balaban J connectivity index is 1.60. The summed E-state index contributed by atoms with van der Waals surface area (Å²) < 4.78 is 6.55. The first kappa shape index (κ1) is 21.6. The quantitative estimate of drug-likeness (QED) is 0.649. The summed E-state index contributed by atoms with van der Waals surface area (Å²) in [4.78, 5) is 46.2. The zero-order chi connectivity index (χ0) is 22.6. The molecule has 4 heterocycles. The molecule has 8 heteroatoms. The van der Waals surface area contributed by atoms with E-state index in [1.54, 1.807) is 18.9 Å². The van der Waals surface area contributed by atoms with Crippen molar-refractivity contribution in [3.05, 3.63) is 24.3 Å². The normalized spacial score (nSPS) is 38.5. The van der Waals surface area contributed by atoms with Crippen LogP contribution in [-0.4, -0.2) is 94.1 Å². The molecule has 5 aliphatic rings. The number of likely N-dealkylation sites (tertiary alicyclic amines) is 1. The van der Waals surface area contributed by atoms with E-state index in [1.165, 1.54) is 11.3 Å². The molecule has 4 aliphatic heterocycles. The maximum absolute atomic E-state index is 14.1. The van der Waals surface area contributed by atoms with E-state index in [4.69, 9.17) is 4.74 Å². The van der Waals surface area contributed by atoms with Crippen LogP contribution in [0.1, 0.15) is 39.0 Å². The number of hydrogen-bond donors (Lipinski definition) is 1. The number of carbonyl (C=O) groups is 3. The maximum Gasteiger partial charge on any atom is 0.249 e. The van der Waals surface area contributed by atoms with Crippen LogP contribution >= 0.6 is 0 Å². The second-order valence-corrected chi connectivity index (χ2v) is 9.95. The highest BCUT2D eigenvalue weighted by Gasteiger charge is 2.72. The Kier molecular flexibility index (Phi) is 5.40.